The van der Waals surface area contributed by atoms with Gasteiger partial charge in [0.2, 0.25) is 0 Å². The summed E-state index contributed by atoms with van der Waals surface area (Å²) in [6, 6.07) is 5.67. The molecule has 0 saturated heterocycles. The van der Waals surface area contributed by atoms with Crippen LogP contribution < -0.4 is 4.74 Å². The summed E-state index contributed by atoms with van der Waals surface area (Å²) < 4.78 is 5.11. The molecule has 0 heterocycles. The van der Waals surface area contributed by atoms with Crippen molar-refractivity contribution in [3.05, 3.63) is 29.3 Å². The van der Waals surface area contributed by atoms with Crippen molar-refractivity contribution in [2.75, 3.05) is 13.7 Å². The topological polar surface area (TPSA) is 29.5 Å². The summed E-state index contributed by atoms with van der Waals surface area (Å²) in [5.41, 5.74) is 1.94. The van der Waals surface area contributed by atoms with Crippen molar-refractivity contribution < 1.29 is 9.84 Å². The van der Waals surface area contributed by atoms with Crippen molar-refractivity contribution in [1.29, 1.82) is 0 Å². The van der Waals surface area contributed by atoms with Gasteiger partial charge in [-0.1, -0.05) is 11.8 Å². The van der Waals surface area contributed by atoms with Crippen LogP contribution in [0.4, 0.5) is 0 Å². The van der Waals surface area contributed by atoms with Crippen molar-refractivity contribution in [3.8, 4) is 17.6 Å². The SMILES string of the molecule is COc1ccc(C#CCO)cc1C. The lowest BCUT2D eigenvalue weighted by atomic mass is 10.1. The molecule has 68 valence electrons. The molecule has 0 aliphatic rings. The van der Waals surface area contributed by atoms with Gasteiger partial charge in [0.25, 0.3) is 0 Å². The average Bonchev–Trinajstić information content (AvgIpc) is 2.15. The van der Waals surface area contributed by atoms with Crippen LogP contribution in [0.15, 0.2) is 18.2 Å². The molecule has 1 aromatic carbocycles. The van der Waals surface area contributed by atoms with E-state index in [1.54, 1.807) is 7.11 Å². The normalized spacial score (nSPS) is 8.85. The van der Waals surface area contributed by atoms with Gasteiger partial charge in [-0.3, -0.25) is 0 Å². The first-order chi connectivity index (χ1) is 6.27. The molecule has 0 bridgehead atoms. The van der Waals surface area contributed by atoms with E-state index in [2.05, 4.69) is 11.8 Å². The van der Waals surface area contributed by atoms with Crippen LogP contribution in [0.5, 0.6) is 5.75 Å². The number of aliphatic hydroxyl groups excluding tert-OH is 1. The van der Waals surface area contributed by atoms with E-state index in [0.717, 1.165) is 16.9 Å². The number of aryl methyl sites for hydroxylation is 1. The van der Waals surface area contributed by atoms with Gasteiger partial charge < -0.3 is 9.84 Å². The molecule has 13 heavy (non-hydrogen) atoms. The number of hydrogen-bond acceptors (Lipinski definition) is 2. The number of ether oxygens (including phenoxy) is 1. The van der Waals surface area contributed by atoms with Crippen molar-refractivity contribution >= 4 is 0 Å². The van der Waals surface area contributed by atoms with E-state index in [-0.39, 0.29) is 6.61 Å². The zero-order chi connectivity index (χ0) is 9.68. The summed E-state index contributed by atoms with van der Waals surface area (Å²) >= 11 is 0. The third-order valence-corrected chi connectivity index (χ3v) is 1.71. The summed E-state index contributed by atoms with van der Waals surface area (Å²) in [6.45, 7) is 1.86. The fourth-order valence-corrected chi connectivity index (χ4v) is 1.10. The maximum Gasteiger partial charge on any atom is 0.121 e. The lowest BCUT2D eigenvalue weighted by Crippen LogP contribution is -1.87. The molecule has 0 unspecified atom stereocenters. The Morgan fingerprint density at radius 1 is 1.46 bits per heavy atom. The Kier molecular flexibility index (Phi) is 3.36. The second-order valence-electron chi connectivity index (χ2n) is 2.64. The van der Waals surface area contributed by atoms with E-state index in [0.29, 0.717) is 0 Å². The first-order valence-corrected chi connectivity index (χ1v) is 4.02. The summed E-state index contributed by atoms with van der Waals surface area (Å²) in [5.74, 6) is 6.28. The fourth-order valence-electron chi connectivity index (χ4n) is 1.10. The van der Waals surface area contributed by atoms with Crippen LogP contribution >= 0.6 is 0 Å². The standard InChI is InChI=1S/C11H12O2/c1-9-8-10(4-3-7-12)5-6-11(9)13-2/h5-6,8,12H,7H2,1-2H3. The maximum absolute atomic E-state index is 8.50. The van der Waals surface area contributed by atoms with Crippen LogP contribution in [0.1, 0.15) is 11.1 Å². The Hall–Kier alpha value is -1.46. The van der Waals surface area contributed by atoms with Gasteiger partial charge in [-0.05, 0) is 30.7 Å². The minimum atomic E-state index is -0.106. The highest BCUT2D eigenvalue weighted by atomic mass is 16.5. The highest BCUT2D eigenvalue weighted by molar-refractivity contribution is 5.43. The number of aliphatic hydroxyl groups is 1. The predicted octanol–water partition coefficient (Wildman–Crippen LogP) is 1.35. The van der Waals surface area contributed by atoms with E-state index in [4.69, 9.17) is 9.84 Å². The van der Waals surface area contributed by atoms with Gasteiger partial charge in [0.15, 0.2) is 0 Å². The molecule has 0 aliphatic carbocycles. The monoisotopic (exact) mass is 176 g/mol. The van der Waals surface area contributed by atoms with Crippen LogP contribution in [0, 0.1) is 18.8 Å². The summed E-state index contributed by atoms with van der Waals surface area (Å²) in [5, 5.41) is 8.50. The fraction of sp³-hybridized carbons (Fsp3) is 0.273. The van der Waals surface area contributed by atoms with E-state index in [1.165, 1.54) is 0 Å². The third-order valence-electron chi connectivity index (χ3n) is 1.71. The van der Waals surface area contributed by atoms with Crippen LogP contribution in [-0.4, -0.2) is 18.8 Å². The van der Waals surface area contributed by atoms with Gasteiger partial charge in [-0.2, -0.15) is 0 Å². The largest absolute Gasteiger partial charge is 0.496 e. The number of rotatable bonds is 1. The zero-order valence-electron chi connectivity index (χ0n) is 7.79. The van der Waals surface area contributed by atoms with Gasteiger partial charge in [0.1, 0.15) is 12.4 Å². The second kappa shape index (κ2) is 4.54. The highest BCUT2D eigenvalue weighted by Gasteiger charge is 1.96. The Morgan fingerprint density at radius 2 is 2.23 bits per heavy atom. The van der Waals surface area contributed by atoms with Crippen LogP contribution in [0.2, 0.25) is 0 Å². The van der Waals surface area contributed by atoms with E-state index in [9.17, 15) is 0 Å². The molecule has 0 amide bonds. The smallest absolute Gasteiger partial charge is 0.121 e. The third kappa shape index (κ3) is 2.50. The van der Waals surface area contributed by atoms with Crippen molar-refractivity contribution in [3.63, 3.8) is 0 Å². The molecule has 1 aromatic rings. The molecule has 0 spiro atoms. The number of hydrogen-bond donors (Lipinski definition) is 1. The molecule has 0 radical (unpaired) electrons. The molecule has 2 nitrogen and oxygen atoms in total. The van der Waals surface area contributed by atoms with Crippen LogP contribution in [0.3, 0.4) is 0 Å². The molecule has 0 aromatic heterocycles. The maximum atomic E-state index is 8.50. The van der Waals surface area contributed by atoms with Gasteiger partial charge >= 0.3 is 0 Å². The van der Waals surface area contributed by atoms with Gasteiger partial charge in [0, 0.05) is 5.56 Å². The van der Waals surface area contributed by atoms with Gasteiger partial charge in [-0.25, -0.2) is 0 Å². The Morgan fingerprint density at radius 3 is 2.77 bits per heavy atom. The molecule has 0 fully saturated rings. The minimum absolute atomic E-state index is 0.106. The summed E-state index contributed by atoms with van der Waals surface area (Å²) in [4.78, 5) is 0. The molecule has 0 atom stereocenters. The molecule has 0 saturated carbocycles. The molecule has 1 N–H and O–H groups in total. The summed E-state index contributed by atoms with van der Waals surface area (Å²) in [7, 11) is 1.64. The van der Waals surface area contributed by atoms with E-state index in [1.807, 2.05) is 25.1 Å². The lowest BCUT2D eigenvalue weighted by molar-refractivity contribution is 0.350. The lowest BCUT2D eigenvalue weighted by Gasteiger charge is -2.03. The average molecular weight is 176 g/mol. The van der Waals surface area contributed by atoms with Crippen LogP contribution in [-0.2, 0) is 0 Å². The van der Waals surface area contributed by atoms with E-state index >= 15 is 0 Å². The number of benzene rings is 1. The predicted molar refractivity (Wildman–Crippen MR) is 51.7 cm³/mol. The summed E-state index contributed by atoms with van der Waals surface area (Å²) in [6.07, 6.45) is 0. The molecular weight excluding hydrogens is 164 g/mol. The molecular formula is C11H12O2. The first kappa shape index (κ1) is 9.63. The molecule has 0 aliphatic heterocycles. The van der Waals surface area contributed by atoms with Crippen LogP contribution in [0.25, 0.3) is 0 Å². The minimum Gasteiger partial charge on any atom is -0.496 e. The Balaban J connectivity index is 2.96. The highest BCUT2D eigenvalue weighted by Crippen LogP contribution is 2.17. The Bertz CT molecular complexity index is 345. The zero-order valence-corrected chi connectivity index (χ0v) is 7.79. The van der Waals surface area contributed by atoms with Crippen molar-refractivity contribution in [2.45, 2.75) is 6.92 Å². The van der Waals surface area contributed by atoms with Gasteiger partial charge in [-0.15, -0.1) is 0 Å². The quantitative estimate of drug-likeness (QED) is 0.654. The molecule has 1 rings (SSSR count). The molecule has 2 heteroatoms. The Labute approximate surface area is 78.2 Å². The second-order valence-corrected chi connectivity index (χ2v) is 2.64. The van der Waals surface area contributed by atoms with E-state index < -0.39 is 0 Å². The van der Waals surface area contributed by atoms with Crippen molar-refractivity contribution in [1.82, 2.24) is 0 Å². The van der Waals surface area contributed by atoms with Gasteiger partial charge in [0.05, 0.1) is 7.11 Å². The number of methoxy groups -OCH3 is 1. The first-order valence-electron chi connectivity index (χ1n) is 4.02. The van der Waals surface area contributed by atoms with Crippen molar-refractivity contribution in [2.24, 2.45) is 0 Å².